The number of carbonyl (C=O) groups is 2. The molecule has 12 heteroatoms. The second kappa shape index (κ2) is 11.3. The number of nitrogens with two attached hydrogens (primary N) is 2. The molecule has 0 spiro atoms. The van der Waals surface area contributed by atoms with E-state index in [1.807, 2.05) is 31.2 Å². The van der Waals surface area contributed by atoms with Gasteiger partial charge in [-0.3, -0.25) is 9.59 Å². The van der Waals surface area contributed by atoms with Crippen molar-refractivity contribution in [2.45, 2.75) is 57.7 Å². The zero-order chi connectivity index (χ0) is 27.4. The summed E-state index contributed by atoms with van der Waals surface area (Å²) < 4.78 is 0. The minimum atomic E-state index is -1.17. The number of benzene rings is 2. The van der Waals surface area contributed by atoms with Crippen LogP contribution >= 0.6 is 11.6 Å². The van der Waals surface area contributed by atoms with E-state index in [0.717, 1.165) is 30.0 Å². The summed E-state index contributed by atoms with van der Waals surface area (Å²) in [6, 6.07) is 11.0. The average molecular weight is 542 g/mol. The Balaban J connectivity index is 1.51. The highest BCUT2D eigenvalue weighted by Gasteiger charge is 2.44. The second-order valence-electron chi connectivity index (χ2n) is 9.43. The van der Waals surface area contributed by atoms with Gasteiger partial charge in [-0.15, -0.1) is 5.06 Å². The maximum absolute atomic E-state index is 13.6. The van der Waals surface area contributed by atoms with Gasteiger partial charge >= 0.3 is 0 Å². The predicted molar refractivity (Wildman–Crippen MR) is 145 cm³/mol. The first-order valence-corrected chi connectivity index (χ1v) is 12.9. The van der Waals surface area contributed by atoms with Crippen molar-refractivity contribution in [3.05, 3.63) is 47.2 Å². The first-order valence-electron chi connectivity index (χ1n) is 12.5. The summed E-state index contributed by atoms with van der Waals surface area (Å²) in [6.07, 6.45) is 2.53. The summed E-state index contributed by atoms with van der Waals surface area (Å²) in [4.78, 5) is 40.5. The summed E-state index contributed by atoms with van der Waals surface area (Å²) in [5, 5.41) is 19.6. The molecule has 3 aromatic rings. The molecule has 1 unspecified atom stereocenters. The molecule has 1 saturated carbocycles. The lowest BCUT2D eigenvalue weighted by Gasteiger charge is -2.34. The Hall–Kier alpha value is -3.83. The maximum Gasteiger partial charge on any atom is 0.274 e. The number of nitrogens with one attached hydrogen (secondary N) is 2. The van der Waals surface area contributed by atoms with E-state index in [0.29, 0.717) is 19.4 Å². The summed E-state index contributed by atoms with van der Waals surface area (Å²) in [5.74, 6) is -1.03. The lowest BCUT2D eigenvalue weighted by atomic mass is 9.95. The molecule has 202 valence electrons. The Kier molecular flexibility index (Phi) is 8.08. The summed E-state index contributed by atoms with van der Waals surface area (Å²) in [7, 11) is 0. The molecule has 0 saturated heterocycles. The number of nitrogen functional groups attached to an aromatic ring is 2. The average Bonchev–Trinajstić information content (AvgIpc) is 3.36. The van der Waals surface area contributed by atoms with Gasteiger partial charge in [-0.1, -0.05) is 55.6 Å². The second-order valence-corrected chi connectivity index (χ2v) is 9.78. The fraction of sp³-hybridized carbons (Fsp3) is 0.385. The van der Waals surface area contributed by atoms with Gasteiger partial charge in [0.05, 0.1) is 0 Å². The van der Waals surface area contributed by atoms with Crippen LogP contribution in [0, 0.1) is 0 Å². The number of hydroxylamine groups is 2. The van der Waals surface area contributed by atoms with Crippen LogP contribution in [0.25, 0.3) is 10.8 Å². The Morgan fingerprint density at radius 3 is 2.47 bits per heavy atom. The van der Waals surface area contributed by atoms with Gasteiger partial charge in [0.1, 0.15) is 11.7 Å². The molecule has 2 amide bonds. The van der Waals surface area contributed by atoms with E-state index >= 15 is 0 Å². The summed E-state index contributed by atoms with van der Waals surface area (Å²) in [6.45, 7) is 4.23. The molecule has 11 nitrogen and oxygen atoms in total. The van der Waals surface area contributed by atoms with Crippen LogP contribution < -0.4 is 26.9 Å². The number of amides is 2. The molecule has 1 heterocycles. The van der Waals surface area contributed by atoms with Gasteiger partial charge in [0.15, 0.2) is 34.0 Å². The fourth-order valence-electron chi connectivity index (χ4n) is 4.62. The quantitative estimate of drug-likeness (QED) is 0.201. The molecule has 1 aliphatic carbocycles. The Labute approximate surface area is 225 Å². The third kappa shape index (κ3) is 5.68. The first kappa shape index (κ1) is 27.2. The summed E-state index contributed by atoms with van der Waals surface area (Å²) >= 11 is 5.94. The van der Waals surface area contributed by atoms with Crippen molar-refractivity contribution in [1.82, 2.24) is 25.7 Å². The van der Waals surface area contributed by atoms with Crippen molar-refractivity contribution in [2.75, 3.05) is 18.0 Å². The number of hydrogen-bond acceptors (Lipinski definition) is 9. The smallest absolute Gasteiger partial charge is 0.274 e. The third-order valence-corrected chi connectivity index (χ3v) is 6.90. The van der Waals surface area contributed by atoms with E-state index in [1.165, 1.54) is 0 Å². The lowest BCUT2D eigenvalue weighted by molar-refractivity contribution is -0.138. The largest absolute Gasteiger partial charge is 0.504 e. The molecule has 38 heavy (non-hydrogen) atoms. The molecule has 1 aliphatic rings. The molecule has 7 N–H and O–H groups in total. The monoisotopic (exact) mass is 541 g/mol. The van der Waals surface area contributed by atoms with Crippen LogP contribution in [0.15, 0.2) is 36.4 Å². The molecular formula is C26H32ClN7O4. The van der Waals surface area contributed by atoms with E-state index < -0.39 is 17.6 Å². The Morgan fingerprint density at radius 2 is 1.82 bits per heavy atom. The van der Waals surface area contributed by atoms with E-state index in [-0.39, 0.29) is 39.9 Å². The van der Waals surface area contributed by atoms with Crippen LogP contribution in [0.2, 0.25) is 5.15 Å². The van der Waals surface area contributed by atoms with Crippen molar-refractivity contribution in [3.63, 3.8) is 0 Å². The Morgan fingerprint density at radius 1 is 1.16 bits per heavy atom. The standard InChI is InChI=1S/C26H32ClN7O4/c1-3-12-34(38-19-14-17-9-5-4-8-16(17)13-18(19)35)15(2)30-25(37)26(10-6-7-11-26)33-24(36)20-22(28)32-23(29)21(27)31-20/h4-5,8-9,13-15,35H,3,6-7,10-12H2,1-2H3,(H,30,37)(H,33,36)(H4,28,29,32). The van der Waals surface area contributed by atoms with Crippen LogP contribution in [-0.4, -0.2) is 50.2 Å². The summed E-state index contributed by atoms with van der Waals surface area (Å²) in [5.41, 5.74) is 10.1. The van der Waals surface area contributed by atoms with Gasteiger partial charge in [-0.25, -0.2) is 9.97 Å². The molecule has 2 aromatic carbocycles. The minimum absolute atomic E-state index is 0.0105. The fourth-order valence-corrected chi connectivity index (χ4v) is 4.74. The molecular weight excluding hydrogens is 510 g/mol. The number of anilines is 2. The van der Waals surface area contributed by atoms with Crippen LogP contribution in [0.3, 0.4) is 0 Å². The molecule has 0 aliphatic heterocycles. The zero-order valence-corrected chi connectivity index (χ0v) is 22.1. The number of rotatable bonds is 9. The molecule has 1 aromatic heterocycles. The van der Waals surface area contributed by atoms with E-state index in [9.17, 15) is 14.7 Å². The highest BCUT2D eigenvalue weighted by atomic mass is 35.5. The topological polar surface area (TPSA) is 169 Å². The number of aromatic hydroxyl groups is 1. The first-order chi connectivity index (χ1) is 18.1. The van der Waals surface area contributed by atoms with E-state index in [2.05, 4.69) is 20.6 Å². The number of halogens is 1. The highest BCUT2D eigenvalue weighted by Crippen LogP contribution is 2.33. The van der Waals surface area contributed by atoms with Crippen LogP contribution in [0.5, 0.6) is 11.5 Å². The number of carbonyl (C=O) groups excluding carboxylic acids is 2. The van der Waals surface area contributed by atoms with Crippen LogP contribution in [-0.2, 0) is 4.79 Å². The maximum atomic E-state index is 13.6. The van der Waals surface area contributed by atoms with Crippen molar-refractivity contribution in [2.24, 2.45) is 0 Å². The number of nitrogens with zero attached hydrogens (tertiary/aromatic N) is 3. The predicted octanol–water partition coefficient (Wildman–Crippen LogP) is 3.36. The van der Waals surface area contributed by atoms with Gasteiger partial charge in [0.2, 0.25) is 5.91 Å². The van der Waals surface area contributed by atoms with Crippen molar-refractivity contribution < 1.29 is 19.5 Å². The molecule has 0 bridgehead atoms. The van der Waals surface area contributed by atoms with Gasteiger partial charge in [0, 0.05) is 6.54 Å². The number of phenolic OH excluding ortho intramolecular Hbond substituents is 1. The van der Waals surface area contributed by atoms with Crippen molar-refractivity contribution >= 4 is 45.8 Å². The molecule has 1 atom stereocenters. The van der Waals surface area contributed by atoms with Gasteiger partial charge in [-0.05, 0) is 49.1 Å². The molecule has 4 rings (SSSR count). The van der Waals surface area contributed by atoms with E-state index in [1.54, 1.807) is 24.1 Å². The molecule has 0 radical (unpaired) electrons. The normalized spacial score (nSPS) is 15.4. The number of hydrogen-bond donors (Lipinski definition) is 5. The number of fused-ring (bicyclic) bond motifs is 1. The minimum Gasteiger partial charge on any atom is -0.504 e. The van der Waals surface area contributed by atoms with E-state index in [4.69, 9.17) is 27.9 Å². The van der Waals surface area contributed by atoms with Crippen LogP contribution in [0.1, 0.15) is 56.4 Å². The van der Waals surface area contributed by atoms with Gasteiger partial charge < -0.3 is 32.0 Å². The number of phenols is 1. The lowest BCUT2D eigenvalue weighted by Crippen LogP contribution is -2.61. The number of aromatic nitrogens is 2. The SMILES string of the molecule is CCCN(Oc1cc2ccccc2cc1O)C(C)NC(=O)C1(NC(=O)c2nc(Cl)c(N)nc2N)CCCC1. The van der Waals surface area contributed by atoms with Crippen molar-refractivity contribution in [3.8, 4) is 11.5 Å². The molecule has 1 fully saturated rings. The van der Waals surface area contributed by atoms with Crippen LogP contribution in [0.4, 0.5) is 11.6 Å². The Bertz CT molecular complexity index is 1350. The third-order valence-electron chi connectivity index (χ3n) is 6.62. The zero-order valence-electron chi connectivity index (χ0n) is 21.3. The van der Waals surface area contributed by atoms with Gasteiger partial charge in [-0.2, -0.15) is 0 Å². The highest BCUT2D eigenvalue weighted by molar-refractivity contribution is 6.31. The van der Waals surface area contributed by atoms with Gasteiger partial charge in [0.25, 0.3) is 5.91 Å². The van der Waals surface area contributed by atoms with Crippen molar-refractivity contribution in [1.29, 1.82) is 0 Å².